The van der Waals surface area contributed by atoms with E-state index in [1.54, 1.807) is 0 Å². The van der Waals surface area contributed by atoms with E-state index in [0.717, 1.165) is 11.1 Å². The Balaban J connectivity index is 1.76. The predicted octanol–water partition coefficient (Wildman–Crippen LogP) is 3.21. The van der Waals surface area contributed by atoms with Crippen molar-refractivity contribution < 1.29 is 34.8 Å². The lowest BCUT2D eigenvalue weighted by Gasteiger charge is -2.46. The van der Waals surface area contributed by atoms with Crippen LogP contribution >= 0.6 is 0 Å². The number of carbonyl (C=O) groups is 3. The molecule has 1 amide bonds. The molecule has 8 heteroatoms. The van der Waals surface area contributed by atoms with E-state index in [1.165, 1.54) is 0 Å². The highest BCUT2D eigenvalue weighted by Crippen LogP contribution is 2.54. The second kappa shape index (κ2) is 8.06. The molecule has 3 atom stereocenters. The highest BCUT2D eigenvalue weighted by molar-refractivity contribution is 6.22. The van der Waals surface area contributed by atoms with Gasteiger partial charge in [-0.05, 0) is 47.4 Å². The smallest absolute Gasteiger partial charge is 0.255 e. The summed E-state index contributed by atoms with van der Waals surface area (Å²) in [5.41, 5.74) is 4.68. The molecular formula is C28H27NO7. The topological polar surface area (TPSA) is 158 Å². The van der Waals surface area contributed by atoms with E-state index in [4.69, 9.17) is 5.73 Å². The van der Waals surface area contributed by atoms with E-state index >= 15 is 0 Å². The zero-order valence-electron chi connectivity index (χ0n) is 19.9. The van der Waals surface area contributed by atoms with Crippen LogP contribution in [0.25, 0.3) is 16.9 Å². The molecule has 186 valence electrons. The van der Waals surface area contributed by atoms with E-state index in [9.17, 15) is 34.8 Å². The molecule has 0 unspecified atom stereocenters. The number of phenols is 1. The molecule has 8 nitrogen and oxygen atoms in total. The van der Waals surface area contributed by atoms with Crippen molar-refractivity contribution in [3.05, 3.63) is 70.0 Å². The highest BCUT2D eigenvalue weighted by atomic mass is 16.3. The van der Waals surface area contributed by atoms with Crippen LogP contribution in [0.15, 0.2) is 53.3 Å². The largest absolute Gasteiger partial charge is 0.508 e. The van der Waals surface area contributed by atoms with Gasteiger partial charge < -0.3 is 26.2 Å². The fourth-order valence-corrected chi connectivity index (χ4v) is 6.07. The highest BCUT2D eigenvalue weighted by Gasteiger charge is 2.60. The first-order valence-electron chi connectivity index (χ1n) is 11.9. The fraction of sp³-hybridized carbons (Fsp3) is 0.321. The minimum atomic E-state index is -2.57. The number of phenolic OH excluding ortho intramolecular Hbond substituents is 1. The molecular weight excluding hydrogens is 462 g/mol. The number of hydrogen-bond donors (Lipinski definition) is 5. The number of aromatic hydroxyl groups is 1. The van der Waals surface area contributed by atoms with Gasteiger partial charge in [-0.15, -0.1) is 0 Å². The summed E-state index contributed by atoms with van der Waals surface area (Å²) in [6, 6.07) is 11.0. The molecule has 3 aliphatic rings. The molecule has 0 aromatic heterocycles. The minimum absolute atomic E-state index is 0.0359. The minimum Gasteiger partial charge on any atom is -0.508 e. The number of carbonyl (C=O) groups excluding carboxylic acids is 3. The van der Waals surface area contributed by atoms with Crippen molar-refractivity contribution in [1.29, 1.82) is 0 Å². The van der Waals surface area contributed by atoms with Crippen molar-refractivity contribution in [3.8, 4) is 16.9 Å². The summed E-state index contributed by atoms with van der Waals surface area (Å²) in [6.07, 6.45) is 0.0728. The maximum absolute atomic E-state index is 13.7. The van der Waals surface area contributed by atoms with E-state index in [-0.39, 0.29) is 35.6 Å². The molecule has 0 aliphatic heterocycles. The number of Topliss-reactive ketones (excluding diaryl/α,β-unsaturated/α-hetero) is 2. The lowest BCUT2D eigenvalue weighted by molar-refractivity contribution is -0.147. The molecule has 5 rings (SSSR count). The van der Waals surface area contributed by atoms with Gasteiger partial charge in [0, 0.05) is 23.5 Å². The van der Waals surface area contributed by atoms with Gasteiger partial charge in [0.15, 0.2) is 11.4 Å². The summed E-state index contributed by atoms with van der Waals surface area (Å²) in [4.78, 5) is 38.0. The predicted molar refractivity (Wildman–Crippen MR) is 131 cm³/mol. The molecule has 36 heavy (non-hydrogen) atoms. The number of aliphatic hydroxyl groups is 3. The third-order valence-electron chi connectivity index (χ3n) is 7.81. The number of ketones is 2. The molecule has 1 fully saturated rings. The van der Waals surface area contributed by atoms with Crippen LogP contribution in [0.1, 0.15) is 49.3 Å². The van der Waals surface area contributed by atoms with Crippen LogP contribution < -0.4 is 5.73 Å². The molecule has 1 saturated carbocycles. The van der Waals surface area contributed by atoms with E-state index < -0.39 is 52.0 Å². The number of aliphatic hydroxyl groups excluding tert-OH is 2. The van der Waals surface area contributed by atoms with Gasteiger partial charge in [0.2, 0.25) is 5.78 Å². The van der Waals surface area contributed by atoms with Gasteiger partial charge in [0.1, 0.15) is 22.8 Å². The summed E-state index contributed by atoms with van der Waals surface area (Å²) < 4.78 is 0. The van der Waals surface area contributed by atoms with Gasteiger partial charge in [-0.3, -0.25) is 14.4 Å². The Labute approximate surface area is 207 Å². The van der Waals surface area contributed by atoms with Crippen LogP contribution in [-0.2, 0) is 20.8 Å². The molecule has 3 aliphatic carbocycles. The molecule has 0 saturated heterocycles. The lowest BCUT2D eigenvalue weighted by Crippen LogP contribution is -2.58. The average Bonchev–Trinajstić information content (AvgIpc) is 2.81. The molecule has 2 aromatic carbocycles. The Morgan fingerprint density at radius 1 is 1.08 bits per heavy atom. The second-order valence-electron chi connectivity index (χ2n) is 10.1. The van der Waals surface area contributed by atoms with Crippen LogP contribution in [0.2, 0.25) is 0 Å². The summed E-state index contributed by atoms with van der Waals surface area (Å²) >= 11 is 0. The number of fused-ring (bicyclic) bond motifs is 3. The first kappa shape index (κ1) is 23.8. The van der Waals surface area contributed by atoms with Gasteiger partial charge in [-0.1, -0.05) is 44.2 Å². The van der Waals surface area contributed by atoms with Gasteiger partial charge in [-0.25, -0.2) is 0 Å². The Kier molecular flexibility index (Phi) is 5.33. The molecule has 0 spiro atoms. The van der Waals surface area contributed by atoms with Crippen molar-refractivity contribution in [3.63, 3.8) is 0 Å². The SMILES string of the molecule is CC(C)c1cc(-c2ccccc2)c(O)c2c1C[C@H]1C[C@H]3CC(=O)C(C(N)=O)=C(O)[C@@]3(O)C(=O)C1=C2O. The molecule has 2 aromatic rings. The third kappa shape index (κ3) is 3.14. The van der Waals surface area contributed by atoms with Crippen molar-refractivity contribution >= 4 is 23.2 Å². The Hall–Kier alpha value is -3.91. The van der Waals surface area contributed by atoms with Crippen molar-refractivity contribution in [2.24, 2.45) is 17.6 Å². The number of nitrogens with two attached hydrogens (primary N) is 1. The van der Waals surface area contributed by atoms with Crippen LogP contribution in [0.5, 0.6) is 5.75 Å². The monoisotopic (exact) mass is 489 g/mol. The van der Waals surface area contributed by atoms with E-state index in [1.807, 2.05) is 50.2 Å². The average molecular weight is 490 g/mol. The van der Waals surface area contributed by atoms with Gasteiger partial charge in [0.25, 0.3) is 5.91 Å². The van der Waals surface area contributed by atoms with Crippen molar-refractivity contribution in [1.82, 2.24) is 0 Å². The van der Waals surface area contributed by atoms with E-state index in [2.05, 4.69) is 0 Å². The number of rotatable bonds is 3. The quantitative estimate of drug-likeness (QED) is 0.414. The molecule has 0 bridgehead atoms. The molecule has 0 radical (unpaired) electrons. The third-order valence-corrected chi connectivity index (χ3v) is 7.81. The summed E-state index contributed by atoms with van der Waals surface area (Å²) in [5.74, 6) is -6.20. The molecule has 6 N–H and O–H groups in total. The standard InChI is InChI=1S/C28H27NO7/c1-12(2)16-11-17(13-6-4-3-5-7-13)23(31)21-18(16)9-14-8-15-10-19(30)22(27(29)35)26(34)28(15,36)25(33)20(14)24(21)32/h3-7,11-12,14-15,31-32,34,36H,8-10H2,1-2H3,(H2,29,35)/t14-,15+,28+/m1/s1. The number of amides is 1. The van der Waals surface area contributed by atoms with Crippen LogP contribution in [0.3, 0.4) is 0 Å². The number of primary amides is 1. The summed E-state index contributed by atoms with van der Waals surface area (Å²) in [7, 11) is 0. The van der Waals surface area contributed by atoms with Crippen molar-refractivity contribution in [2.45, 2.75) is 44.6 Å². The zero-order chi connectivity index (χ0) is 26.1. The van der Waals surface area contributed by atoms with Crippen molar-refractivity contribution in [2.75, 3.05) is 0 Å². The Morgan fingerprint density at radius 2 is 1.75 bits per heavy atom. The summed E-state index contributed by atoms with van der Waals surface area (Å²) in [5, 5.41) is 44.8. The molecule has 0 heterocycles. The van der Waals surface area contributed by atoms with E-state index in [0.29, 0.717) is 17.5 Å². The zero-order valence-corrected chi connectivity index (χ0v) is 19.9. The van der Waals surface area contributed by atoms with Crippen LogP contribution in [0.4, 0.5) is 0 Å². The Morgan fingerprint density at radius 3 is 2.36 bits per heavy atom. The summed E-state index contributed by atoms with van der Waals surface area (Å²) in [6.45, 7) is 3.99. The lowest BCUT2D eigenvalue weighted by atomic mass is 9.59. The second-order valence-corrected chi connectivity index (χ2v) is 10.1. The van der Waals surface area contributed by atoms with Crippen LogP contribution in [0, 0.1) is 11.8 Å². The normalized spacial score (nSPS) is 25.6. The fourth-order valence-electron chi connectivity index (χ4n) is 6.07. The maximum atomic E-state index is 13.7. The maximum Gasteiger partial charge on any atom is 0.255 e. The van der Waals surface area contributed by atoms with Gasteiger partial charge in [0.05, 0.1) is 5.56 Å². The van der Waals surface area contributed by atoms with Gasteiger partial charge in [-0.2, -0.15) is 0 Å². The number of hydrogen-bond acceptors (Lipinski definition) is 7. The van der Waals surface area contributed by atoms with Crippen LogP contribution in [-0.4, -0.2) is 43.5 Å². The number of benzene rings is 2. The first-order chi connectivity index (χ1) is 17.0. The van der Waals surface area contributed by atoms with Gasteiger partial charge >= 0.3 is 0 Å². The first-order valence-corrected chi connectivity index (χ1v) is 11.9. The Bertz CT molecular complexity index is 1400.